The first-order valence-corrected chi connectivity index (χ1v) is 12.0. The molecule has 1 aromatic carbocycles. The fourth-order valence-corrected chi connectivity index (χ4v) is 5.95. The van der Waals surface area contributed by atoms with E-state index in [0.717, 1.165) is 23.1 Å². The minimum Gasteiger partial charge on any atom is -0.497 e. The van der Waals surface area contributed by atoms with Gasteiger partial charge in [-0.05, 0) is 35.7 Å². The molecule has 158 valence electrons. The third kappa shape index (κ3) is 5.10. The second-order valence-electron chi connectivity index (χ2n) is 6.11. The summed E-state index contributed by atoms with van der Waals surface area (Å²) >= 11 is 2.00. The number of nitrogens with zero attached hydrogens (tertiary/aromatic N) is 2. The van der Waals surface area contributed by atoms with Crippen molar-refractivity contribution in [2.45, 2.75) is 15.9 Å². The SMILES string of the molecule is C=CCN1C(=O)[C@@H](CC(=O)Nc2ccc(OC)cc2)SC1=NS(=O)(=O)c1cccs1. The van der Waals surface area contributed by atoms with E-state index in [9.17, 15) is 18.0 Å². The molecule has 0 aliphatic carbocycles. The Morgan fingerprint density at radius 3 is 2.67 bits per heavy atom. The van der Waals surface area contributed by atoms with E-state index in [-0.39, 0.29) is 34.2 Å². The number of sulfonamides is 1. The Labute approximate surface area is 182 Å². The molecule has 3 rings (SSSR count). The number of carbonyl (C=O) groups excluding carboxylic acids is 2. The normalized spacial score (nSPS) is 17.9. The number of thioether (sulfide) groups is 1. The van der Waals surface area contributed by atoms with Gasteiger partial charge >= 0.3 is 0 Å². The number of thiophene rings is 1. The summed E-state index contributed by atoms with van der Waals surface area (Å²) in [5, 5.41) is 3.61. The van der Waals surface area contributed by atoms with Crippen LogP contribution in [0.3, 0.4) is 0 Å². The molecule has 1 aliphatic heterocycles. The van der Waals surface area contributed by atoms with Gasteiger partial charge < -0.3 is 10.1 Å². The quantitative estimate of drug-likeness (QED) is 0.601. The van der Waals surface area contributed by atoms with E-state index < -0.39 is 15.3 Å². The molecule has 0 bridgehead atoms. The van der Waals surface area contributed by atoms with Gasteiger partial charge in [0.15, 0.2) is 5.17 Å². The van der Waals surface area contributed by atoms with Crippen molar-refractivity contribution in [1.29, 1.82) is 0 Å². The van der Waals surface area contributed by atoms with Crippen molar-refractivity contribution in [2.75, 3.05) is 19.0 Å². The highest BCUT2D eigenvalue weighted by Crippen LogP contribution is 2.32. The lowest BCUT2D eigenvalue weighted by molar-refractivity contribution is -0.127. The number of carbonyl (C=O) groups is 2. The molecule has 8 nitrogen and oxygen atoms in total. The maximum absolute atomic E-state index is 12.7. The highest BCUT2D eigenvalue weighted by Gasteiger charge is 2.39. The summed E-state index contributed by atoms with van der Waals surface area (Å²) in [5.41, 5.74) is 0.563. The molecule has 1 saturated heterocycles. The predicted octanol–water partition coefficient (Wildman–Crippen LogP) is 2.96. The van der Waals surface area contributed by atoms with E-state index in [1.54, 1.807) is 42.8 Å². The minimum absolute atomic E-state index is 0.0375. The smallest absolute Gasteiger partial charge is 0.294 e. The Hall–Kier alpha value is -2.63. The lowest BCUT2D eigenvalue weighted by Crippen LogP contribution is -2.33. The van der Waals surface area contributed by atoms with Crippen LogP contribution in [0.25, 0.3) is 0 Å². The molecule has 1 aliphatic rings. The Balaban J connectivity index is 1.74. The summed E-state index contributed by atoms with van der Waals surface area (Å²) in [6.45, 7) is 3.70. The number of amides is 2. The molecule has 30 heavy (non-hydrogen) atoms. The number of anilines is 1. The first kappa shape index (κ1) is 22.1. The van der Waals surface area contributed by atoms with Crippen molar-refractivity contribution in [3.8, 4) is 5.75 Å². The summed E-state index contributed by atoms with van der Waals surface area (Å²) in [5.74, 6) is -0.0979. The van der Waals surface area contributed by atoms with Gasteiger partial charge in [-0.3, -0.25) is 14.5 Å². The van der Waals surface area contributed by atoms with Crippen molar-refractivity contribution in [3.05, 3.63) is 54.4 Å². The lowest BCUT2D eigenvalue weighted by atomic mass is 10.2. The van der Waals surface area contributed by atoms with E-state index in [1.807, 2.05) is 0 Å². The summed E-state index contributed by atoms with van der Waals surface area (Å²) in [6.07, 6.45) is 1.35. The number of hydrogen-bond donors (Lipinski definition) is 1. The van der Waals surface area contributed by atoms with Gasteiger partial charge in [0.1, 0.15) is 15.2 Å². The van der Waals surface area contributed by atoms with Gasteiger partial charge in [0.25, 0.3) is 10.0 Å². The molecule has 1 atom stereocenters. The Kier molecular flexibility index (Phi) is 6.95. The summed E-state index contributed by atoms with van der Waals surface area (Å²) in [7, 11) is -2.39. The molecular formula is C19H19N3O5S3. The van der Waals surface area contributed by atoms with Gasteiger partial charge in [0, 0.05) is 18.7 Å². The van der Waals surface area contributed by atoms with Gasteiger partial charge in [-0.2, -0.15) is 8.42 Å². The third-order valence-electron chi connectivity index (χ3n) is 4.02. The van der Waals surface area contributed by atoms with Crippen LogP contribution < -0.4 is 10.1 Å². The van der Waals surface area contributed by atoms with Gasteiger partial charge in [-0.1, -0.05) is 23.9 Å². The van der Waals surface area contributed by atoms with Crippen LogP contribution in [0.15, 0.2) is 63.0 Å². The van der Waals surface area contributed by atoms with Crippen molar-refractivity contribution < 1.29 is 22.7 Å². The average molecular weight is 466 g/mol. The minimum atomic E-state index is -3.94. The molecule has 0 unspecified atom stereocenters. The molecule has 2 heterocycles. The fraction of sp³-hybridized carbons (Fsp3) is 0.211. The number of benzene rings is 1. The number of rotatable bonds is 8. The number of ether oxygens (including phenoxy) is 1. The van der Waals surface area contributed by atoms with Crippen LogP contribution in [-0.4, -0.2) is 49.2 Å². The Bertz CT molecular complexity index is 1060. The standard InChI is InChI=1S/C19H19N3O5S3/c1-3-10-22-18(24)15(12-16(23)20-13-6-8-14(27-2)9-7-13)29-19(22)21-30(25,26)17-5-4-11-28-17/h3-9,11,15H,1,10,12H2,2H3,(H,20,23)/t15-/m1/s1. The highest BCUT2D eigenvalue weighted by atomic mass is 32.2. The van der Waals surface area contributed by atoms with Crippen LogP contribution in [0.2, 0.25) is 0 Å². The molecular weight excluding hydrogens is 446 g/mol. The fourth-order valence-electron chi connectivity index (χ4n) is 2.62. The third-order valence-corrected chi connectivity index (χ3v) is 7.95. The van der Waals surface area contributed by atoms with Crippen LogP contribution in [0, 0.1) is 0 Å². The molecule has 1 fully saturated rings. The molecule has 2 amide bonds. The zero-order chi connectivity index (χ0) is 21.7. The van der Waals surface area contributed by atoms with Crippen molar-refractivity contribution in [1.82, 2.24) is 4.90 Å². The number of methoxy groups -OCH3 is 1. The van der Waals surface area contributed by atoms with Gasteiger partial charge in [-0.15, -0.1) is 22.3 Å². The number of amidine groups is 1. The Morgan fingerprint density at radius 2 is 2.07 bits per heavy atom. The van der Waals surface area contributed by atoms with Crippen molar-refractivity contribution >= 4 is 55.8 Å². The molecule has 1 N–H and O–H groups in total. The van der Waals surface area contributed by atoms with Gasteiger partial charge in [0.05, 0.1) is 7.11 Å². The predicted molar refractivity (Wildman–Crippen MR) is 118 cm³/mol. The molecule has 1 aromatic heterocycles. The van der Waals surface area contributed by atoms with E-state index in [1.165, 1.54) is 17.0 Å². The zero-order valence-corrected chi connectivity index (χ0v) is 18.4. The van der Waals surface area contributed by atoms with Crippen molar-refractivity contribution in [2.24, 2.45) is 4.40 Å². The van der Waals surface area contributed by atoms with Crippen LogP contribution in [0.5, 0.6) is 5.75 Å². The lowest BCUT2D eigenvalue weighted by Gasteiger charge is -2.13. The molecule has 0 saturated carbocycles. The summed E-state index contributed by atoms with van der Waals surface area (Å²) < 4.78 is 34.0. The second kappa shape index (κ2) is 9.45. The second-order valence-corrected chi connectivity index (χ2v) is 10.1. The van der Waals surface area contributed by atoms with E-state index in [4.69, 9.17) is 4.74 Å². The maximum atomic E-state index is 12.7. The Morgan fingerprint density at radius 1 is 1.33 bits per heavy atom. The molecule has 0 radical (unpaired) electrons. The molecule has 11 heteroatoms. The summed E-state index contributed by atoms with van der Waals surface area (Å²) in [6, 6.07) is 9.84. The van der Waals surface area contributed by atoms with Crippen LogP contribution in [-0.2, 0) is 19.6 Å². The average Bonchev–Trinajstić information content (AvgIpc) is 3.34. The molecule has 0 spiro atoms. The number of hydrogen-bond acceptors (Lipinski definition) is 7. The molecule has 2 aromatic rings. The summed E-state index contributed by atoms with van der Waals surface area (Å²) in [4.78, 5) is 26.4. The van der Waals surface area contributed by atoms with Gasteiger partial charge in [0.2, 0.25) is 11.8 Å². The van der Waals surface area contributed by atoms with E-state index >= 15 is 0 Å². The van der Waals surface area contributed by atoms with Crippen LogP contribution in [0.4, 0.5) is 5.69 Å². The topological polar surface area (TPSA) is 105 Å². The first-order valence-electron chi connectivity index (χ1n) is 8.75. The largest absolute Gasteiger partial charge is 0.497 e. The van der Waals surface area contributed by atoms with E-state index in [2.05, 4.69) is 16.3 Å². The van der Waals surface area contributed by atoms with E-state index in [0.29, 0.717) is 11.4 Å². The monoisotopic (exact) mass is 465 g/mol. The van der Waals surface area contributed by atoms with Crippen molar-refractivity contribution in [3.63, 3.8) is 0 Å². The maximum Gasteiger partial charge on any atom is 0.294 e. The van der Waals surface area contributed by atoms with Gasteiger partial charge in [-0.25, -0.2) is 0 Å². The highest BCUT2D eigenvalue weighted by molar-refractivity contribution is 8.16. The van der Waals surface area contributed by atoms with Crippen LogP contribution in [0.1, 0.15) is 6.42 Å². The zero-order valence-electron chi connectivity index (χ0n) is 16.0. The van der Waals surface area contributed by atoms with Crippen LogP contribution >= 0.6 is 23.1 Å². The number of nitrogens with one attached hydrogen (secondary N) is 1. The first-order chi connectivity index (χ1) is 14.3.